The standard InChI is InChI=1S/C33H52O4/c1-24(2)11-8-12-25(3)13-9-14-26(4)15-10-16-27(5)17-18-28-21-32(29(22-34)31-30(28)36-31)23-35-33(37-32)19-6-7-20-33/h11,13,15,17,28-31,34H,6-10,12,14,16,18-23H2,1-5H3/b25-13+,26-15+,27-17+/t28-,29-,30-,31+,32+/m1/s1. The molecule has 208 valence electrons. The van der Waals surface area contributed by atoms with Crippen LogP contribution in [-0.4, -0.2) is 41.9 Å². The largest absolute Gasteiger partial charge is 0.396 e. The summed E-state index contributed by atoms with van der Waals surface area (Å²) < 4.78 is 19.2. The lowest BCUT2D eigenvalue weighted by atomic mass is 9.70. The molecule has 2 spiro atoms. The van der Waals surface area contributed by atoms with Crippen LogP contribution in [0.5, 0.6) is 0 Å². The summed E-state index contributed by atoms with van der Waals surface area (Å²) in [5.74, 6) is 0.102. The molecule has 0 amide bonds. The number of epoxide rings is 1. The average Bonchev–Trinajstić information content (AvgIpc) is 3.38. The highest BCUT2D eigenvalue weighted by Crippen LogP contribution is 2.57. The summed E-state index contributed by atoms with van der Waals surface area (Å²) in [6, 6.07) is 0. The minimum Gasteiger partial charge on any atom is -0.396 e. The lowest BCUT2D eigenvalue weighted by Gasteiger charge is -2.41. The fourth-order valence-electron chi connectivity index (χ4n) is 6.80. The van der Waals surface area contributed by atoms with Gasteiger partial charge in [0.15, 0.2) is 5.79 Å². The molecule has 1 N–H and O–H groups in total. The molecule has 2 saturated heterocycles. The molecule has 0 unspecified atom stereocenters. The average molecular weight is 513 g/mol. The summed E-state index contributed by atoms with van der Waals surface area (Å²) in [6.07, 6.45) is 23.2. The van der Waals surface area contributed by atoms with Crippen molar-refractivity contribution in [2.45, 2.75) is 135 Å². The van der Waals surface area contributed by atoms with Gasteiger partial charge in [-0.2, -0.15) is 0 Å². The highest BCUT2D eigenvalue weighted by molar-refractivity contribution is 5.15. The molecule has 0 radical (unpaired) electrons. The lowest BCUT2D eigenvalue weighted by Crippen LogP contribution is -2.52. The van der Waals surface area contributed by atoms with Crippen molar-refractivity contribution in [1.29, 1.82) is 0 Å². The normalized spacial score (nSPS) is 33.3. The Morgan fingerprint density at radius 2 is 1.41 bits per heavy atom. The van der Waals surface area contributed by atoms with Crippen LogP contribution in [0, 0.1) is 11.8 Å². The summed E-state index contributed by atoms with van der Waals surface area (Å²) in [5, 5.41) is 10.2. The van der Waals surface area contributed by atoms with Gasteiger partial charge in [-0.3, -0.25) is 0 Å². The van der Waals surface area contributed by atoms with Crippen molar-refractivity contribution in [3.63, 3.8) is 0 Å². The van der Waals surface area contributed by atoms with Crippen LogP contribution in [0.3, 0.4) is 0 Å². The fourth-order valence-corrected chi connectivity index (χ4v) is 6.80. The third-order valence-corrected chi connectivity index (χ3v) is 9.16. The number of hydrogen-bond acceptors (Lipinski definition) is 4. The molecule has 2 heterocycles. The molecule has 0 aromatic carbocycles. The molecule has 4 aliphatic rings. The van der Waals surface area contributed by atoms with Crippen LogP contribution in [0.4, 0.5) is 0 Å². The molecule has 4 fully saturated rings. The minimum atomic E-state index is -0.393. The van der Waals surface area contributed by atoms with Gasteiger partial charge in [0.2, 0.25) is 0 Å². The van der Waals surface area contributed by atoms with E-state index in [-0.39, 0.29) is 30.3 Å². The van der Waals surface area contributed by atoms with Gasteiger partial charge < -0.3 is 19.3 Å². The zero-order chi connectivity index (χ0) is 26.5. The van der Waals surface area contributed by atoms with Gasteiger partial charge in [0.25, 0.3) is 0 Å². The van der Waals surface area contributed by atoms with Crippen molar-refractivity contribution < 1.29 is 19.3 Å². The molecule has 4 nitrogen and oxygen atoms in total. The molecule has 5 atom stereocenters. The predicted molar refractivity (Wildman–Crippen MR) is 151 cm³/mol. The minimum absolute atomic E-state index is 0.0444. The molecule has 0 bridgehead atoms. The van der Waals surface area contributed by atoms with Gasteiger partial charge in [-0.05, 0) is 105 Å². The molecule has 2 aliphatic carbocycles. The number of ether oxygens (including phenoxy) is 3. The summed E-state index contributed by atoms with van der Waals surface area (Å²) in [4.78, 5) is 0. The third-order valence-electron chi connectivity index (χ3n) is 9.16. The van der Waals surface area contributed by atoms with Crippen LogP contribution in [0.25, 0.3) is 0 Å². The maximum absolute atomic E-state index is 10.2. The van der Waals surface area contributed by atoms with Crippen LogP contribution >= 0.6 is 0 Å². The van der Waals surface area contributed by atoms with Gasteiger partial charge in [-0.15, -0.1) is 0 Å². The molecule has 2 saturated carbocycles. The fraction of sp³-hybridized carbons (Fsp3) is 0.758. The van der Waals surface area contributed by atoms with E-state index in [0.717, 1.165) is 57.8 Å². The van der Waals surface area contributed by atoms with Crippen LogP contribution in [-0.2, 0) is 14.2 Å². The van der Waals surface area contributed by atoms with E-state index in [9.17, 15) is 5.11 Å². The molecular formula is C33H52O4. The number of allylic oxidation sites excluding steroid dienone is 8. The van der Waals surface area contributed by atoms with Gasteiger partial charge in [0, 0.05) is 18.8 Å². The molecule has 0 aromatic rings. The van der Waals surface area contributed by atoms with Crippen molar-refractivity contribution >= 4 is 0 Å². The van der Waals surface area contributed by atoms with Crippen LogP contribution in [0.2, 0.25) is 0 Å². The summed E-state index contributed by atoms with van der Waals surface area (Å²) in [6.45, 7) is 11.9. The molecule has 37 heavy (non-hydrogen) atoms. The first-order valence-corrected chi connectivity index (χ1v) is 15.0. The Morgan fingerprint density at radius 3 is 2.00 bits per heavy atom. The second-order valence-corrected chi connectivity index (χ2v) is 12.7. The Bertz CT molecular complexity index is 886. The Hall–Kier alpha value is -1.20. The van der Waals surface area contributed by atoms with Crippen LogP contribution in [0.15, 0.2) is 46.6 Å². The van der Waals surface area contributed by atoms with E-state index in [2.05, 4.69) is 58.9 Å². The van der Waals surface area contributed by atoms with Gasteiger partial charge in [-0.1, -0.05) is 46.6 Å². The maximum Gasteiger partial charge on any atom is 0.169 e. The highest BCUT2D eigenvalue weighted by atomic mass is 16.8. The monoisotopic (exact) mass is 512 g/mol. The number of hydrogen-bond donors (Lipinski definition) is 1. The quantitative estimate of drug-likeness (QED) is 0.213. The lowest BCUT2D eigenvalue weighted by molar-refractivity contribution is -0.202. The van der Waals surface area contributed by atoms with Crippen molar-refractivity contribution in [1.82, 2.24) is 0 Å². The first-order chi connectivity index (χ1) is 17.8. The van der Waals surface area contributed by atoms with Crippen molar-refractivity contribution in [3.8, 4) is 0 Å². The number of aliphatic hydroxyl groups excluding tert-OH is 1. The Labute approximate surface area is 226 Å². The van der Waals surface area contributed by atoms with E-state index >= 15 is 0 Å². The first-order valence-electron chi connectivity index (χ1n) is 15.0. The number of aliphatic hydroxyl groups is 1. The molecule has 4 rings (SSSR count). The first kappa shape index (κ1) is 28.8. The second kappa shape index (κ2) is 12.8. The summed E-state index contributed by atoms with van der Waals surface area (Å²) in [5.41, 5.74) is 5.51. The van der Waals surface area contributed by atoms with Gasteiger partial charge in [0.05, 0.1) is 25.4 Å². The van der Waals surface area contributed by atoms with Gasteiger partial charge in [0.1, 0.15) is 5.60 Å². The number of rotatable bonds is 12. The number of fused-ring (bicyclic) bond motifs is 1. The Kier molecular flexibility index (Phi) is 9.94. The van der Waals surface area contributed by atoms with E-state index < -0.39 is 5.79 Å². The topological polar surface area (TPSA) is 51.2 Å². The van der Waals surface area contributed by atoms with E-state index in [1.54, 1.807) is 0 Å². The molecule has 0 aromatic heterocycles. The van der Waals surface area contributed by atoms with E-state index in [4.69, 9.17) is 14.2 Å². The second-order valence-electron chi connectivity index (χ2n) is 12.7. The highest BCUT2D eigenvalue weighted by Gasteiger charge is 2.66. The maximum atomic E-state index is 10.2. The summed E-state index contributed by atoms with van der Waals surface area (Å²) in [7, 11) is 0. The van der Waals surface area contributed by atoms with E-state index in [1.165, 1.54) is 41.6 Å². The zero-order valence-corrected chi connectivity index (χ0v) is 24.2. The van der Waals surface area contributed by atoms with Crippen molar-refractivity contribution in [3.05, 3.63) is 46.6 Å². The van der Waals surface area contributed by atoms with E-state index in [0.29, 0.717) is 12.5 Å². The van der Waals surface area contributed by atoms with Crippen molar-refractivity contribution in [2.75, 3.05) is 13.2 Å². The SMILES string of the molecule is CC(C)=CCC/C(C)=C/CC/C(C)=C/CC/C(C)=C/C[C@@H]1C[C@]2(COC3(CCCC3)O2)[C@H](CO)[C@@H]2O[C@H]12. The molecular weight excluding hydrogens is 460 g/mol. The van der Waals surface area contributed by atoms with Crippen LogP contribution < -0.4 is 0 Å². The smallest absolute Gasteiger partial charge is 0.169 e. The van der Waals surface area contributed by atoms with E-state index in [1.807, 2.05) is 0 Å². The van der Waals surface area contributed by atoms with Crippen LogP contribution in [0.1, 0.15) is 112 Å². The summed E-state index contributed by atoms with van der Waals surface area (Å²) >= 11 is 0. The Balaban J connectivity index is 1.21. The van der Waals surface area contributed by atoms with Crippen molar-refractivity contribution in [2.24, 2.45) is 11.8 Å². The van der Waals surface area contributed by atoms with Gasteiger partial charge in [-0.25, -0.2) is 0 Å². The molecule has 4 heteroatoms. The van der Waals surface area contributed by atoms with Gasteiger partial charge >= 0.3 is 0 Å². The molecule has 2 aliphatic heterocycles. The zero-order valence-electron chi connectivity index (χ0n) is 24.2. The third kappa shape index (κ3) is 7.47. The predicted octanol–water partition coefficient (Wildman–Crippen LogP) is 7.97. The Morgan fingerprint density at radius 1 is 0.811 bits per heavy atom.